The largest absolute Gasteiger partial charge is 0.411 e. The van der Waals surface area contributed by atoms with Crippen molar-refractivity contribution in [3.63, 3.8) is 0 Å². The number of hydrogen-bond donors (Lipinski definition) is 1. The fraction of sp³-hybridized carbons (Fsp3) is 0.200. The summed E-state index contributed by atoms with van der Waals surface area (Å²) in [6.45, 7) is 1.95. The van der Waals surface area contributed by atoms with Crippen molar-refractivity contribution in [2.24, 2.45) is 5.16 Å². The lowest BCUT2D eigenvalue weighted by Crippen LogP contribution is -1.73. The third-order valence-corrected chi connectivity index (χ3v) is 1.65. The Labute approximate surface area is 56.7 Å². The molecule has 0 unspecified atom stereocenters. The van der Waals surface area contributed by atoms with Crippen LogP contribution in [-0.2, 0) is 0 Å². The van der Waals surface area contributed by atoms with Gasteiger partial charge in [0.1, 0.15) is 11.2 Å². The maximum atomic E-state index is 8.07. The van der Waals surface area contributed by atoms with Crippen LogP contribution in [0.25, 0.3) is 0 Å². The summed E-state index contributed by atoms with van der Waals surface area (Å²) in [6.07, 6.45) is 3.05. The van der Waals surface area contributed by atoms with Crippen molar-refractivity contribution in [2.75, 3.05) is 0 Å². The van der Waals surface area contributed by atoms with Gasteiger partial charge in [-0.25, -0.2) is 4.98 Å². The second-order valence-electron chi connectivity index (χ2n) is 1.55. The molecule has 4 heteroatoms. The molecule has 0 saturated carbocycles. The Hall–Kier alpha value is -0.900. The summed E-state index contributed by atoms with van der Waals surface area (Å²) in [5.74, 6) is 0. The van der Waals surface area contributed by atoms with Crippen molar-refractivity contribution >= 4 is 17.6 Å². The van der Waals surface area contributed by atoms with Gasteiger partial charge >= 0.3 is 0 Å². The average molecular weight is 142 g/mol. The fourth-order valence-corrected chi connectivity index (χ4v) is 1.12. The summed E-state index contributed by atoms with van der Waals surface area (Å²) in [5.41, 5.74) is 0. The predicted molar refractivity (Wildman–Crippen MR) is 36.2 cm³/mol. The maximum absolute atomic E-state index is 8.07. The van der Waals surface area contributed by atoms with E-state index in [1.54, 1.807) is 6.20 Å². The van der Waals surface area contributed by atoms with Crippen LogP contribution in [0, 0.1) is 6.92 Å². The van der Waals surface area contributed by atoms with E-state index < -0.39 is 0 Å². The zero-order valence-corrected chi connectivity index (χ0v) is 5.72. The normalized spacial score (nSPS) is 10.8. The molecule has 1 aromatic heterocycles. The van der Waals surface area contributed by atoms with E-state index in [4.69, 9.17) is 5.21 Å². The first-order valence-corrected chi connectivity index (χ1v) is 3.24. The Morgan fingerprint density at radius 1 is 1.89 bits per heavy atom. The second kappa shape index (κ2) is 2.59. The van der Waals surface area contributed by atoms with Crippen LogP contribution >= 0.6 is 11.3 Å². The molecule has 1 aromatic rings. The lowest BCUT2D eigenvalue weighted by atomic mass is 10.6. The van der Waals surface area contributed by atoms with E-state index in [0.717, 1.165) is 9.88 Å². The van der Waals surface area contributed by atoms with Crippen LogP contribution in [-0.4, -0.2) is 16.4 Å². The Kier molecular flexibility index (Phi) is 1.79. The van der Waals surface area contributed by atoms with Crippen molar-refractivity contribution in [1.29, 1.82) is 0 Å². The van der Waals surface area contributed by atoms with E-state index in [2.05, 4.69) is 10.1 Å². The Morgan fingerprint density at radius 2 is 2.67 bits per heavy atom. The summed E-state index contributed by atoms with van der Waals surface area (Å²) >= 11 is 1.49. The maximum Gasteiger partial charge on any atom is 0.137 e. The summed E-state index contributed by atoms with van der Waals surface area (Å²) in [4.78, 5) is 5.03. The van der Waals surface area contributed by atoms with Crippen LogP contribution in [0.3, 0.4) is 0 Å². The molecule has 0 saturated heterocycles. The molecule has 0 fully saturated rings. The molecule has 1 heterocycles. The average Bonchev–Trinajstić information content (AvgIpc) is 2.17. The number of aromatic nitrogens is 1. The molecule has 3 nitrogen and oxygen atoms in total. The van der Waals surface area contributed by atoms with E-state index >= 15 is 0 Å². The van der Waals surface area contributed by atoms with E-state index in [0.29, 0.717) is 0 Å². The highest BCUT2D eigenvalue weighted by atomic mass is 32.1. The van der Waals surface area contributed by atoms with Gasteiger partial charge in [0.05, 0.1) is 0 Å². The molecule has 0 atom stereocenters. The van der Waals surface area contributed by atoms with Crippen molar-refractivity contribution in [1.82, 2.24) is 4.98 Å². The zero-order chi connectivity index (χ0) is 6.69. The highest BCUT2D eigenvalue weighted by Crippen LogP contribution is 2.07. The highest BCUT2D eigenvalue weighted by molar-refractivity contribution is 7.13. The molecule has 0 bridgehead atoms. The van der Waals surface area contributed by atoms with Crippen LogP contribution < -0.4 is 0 Å². The number of rotatable bonds is 1. The number of hydrogen-bond acceptors (Lipinski definition) is 4. The minimum absolute atomic E-state index is 0.731. The standard InChI is InChI=1S/C5H6N2OS/c1-4-2-6-5(9-4)3-7-8/h2-3,8H,1H3/b7-3+. The van der Waals surface area contributed by atoms with E-state index in [1.807, 2.05) is 6.92 Å². The molecule has 0 aliphatic rings. The van der Waals surface area contributed by atoms with Gasteiger partial charge in [-0.05, 0) is 6.92 Å². The Bertz CT molecular complexity index is 218. The first kappa shape index (κ1) is 6.22. The number of aryl methyl sites for hydroxylation is 1. The highest BCUT2D eigenvalue weighted by Gasteiger charge is 1.91. The molecular formula is C5H6N2OS. The van der Waals surface area contributed by atoms with Gasteiger partial charge in [0.15, 0.2) is 0 Å². The Morgan fingerprint density at radius 3 is 3.11 bits per heavy atom. The number of oxime groups is 1. The molecule has 0 aromatic carbocycles. The first-order valence-electron chi connectivity index (χ1n) is 2.43. The molecule has 0 radical (unpaired) electrons. The zero-order valence-electron chi connectivity index (χ0n) is 4.90. The van der Waals surface area contributed by atoms with Crippen LogP contribution in [0.4, 0.5) is 0 Å². The van der Waals surface area contributed by atoms with Crippen molar-refractivity contribution in [3.05, 3.63) is 16.1 Å². The van der Waals surface area contributed by atoms with Gasteiger partial charge < -0.3 is 5.21 Å². The Balaban J connectivity index is 2.85. The van der Waals surface area contributed by atoms with Gasteiger partial charge in [-0.3, -0.25) is 0 Å². The van der Waals surface area contributed by atoms with Crippen molar-refractivity contribution < 1.29 is 5.21 Å². The minimum atomic E-state index is 0.731. The lowest BCUT2D eigenvalue weighted by Gasteiger charge is -1.73. The van der Waals surface area contributed by atoms with Gasteiger partial charge in [0.2, 0.25) is 0 Å². The van der Waals surface area contributed by atoms with Crippen LogP contribution in [0.2, 0.25) is 0 Å². The van der Waals surface area contributed by atoms with Gasteiger partial charge in [0, 0.05) is 11.1 Å². The monoisotopic (exact) mass is 142 g/mol. The van der Waals surface area contributed by atoms with Crippen molar-refractivity contribution in [3.8, 4) is 0 Å². The second-order valence-corrected chi connectivity index (χ2v) is 2.82. The summed E-state index contributed by atoms with van der Waals surface area (Å²) in [6, 6.07) is 0. The third-order valence-electron chi connectivity index (χ3n) is 0.807. The predicted octanol–water partition coefficient (Wildman–Crippen LogP) is 1.26. The van der Waals surface area contributed by atoms with E-state index in [-0.39, 0.29) is 0 Å². The van der Waals surface area contributed by atoms with E-state index in [9.17, 15) is 0 Å². The van der Waals surface area contributed by atoms with Crippen molar-refractivity contribution in [2.45, 2.75) is 6.92 Å². The van der Waals surface area contributed by atoms with E-state index in [1.165, 1.54) is 17.6 Å². The molecule has 1 rings (SSSR count). The van der Waals surface area contributed by atoms with Gasteiger partial charge in [-0.1, -0.05) is 5.16 Å². The van der Waals surface area contributed by atoms with Crippen LogP contribution in [0.1, 0.15) is 9.88 Å². The van der Waals surface area contributed by atoms with Gasteiger partial charge in [-0.2, -0.15) is 0 Å². The molecular weight excluding hydrogens is 136 g/mol. The van der Waals surface area contributed by atoms with Gasteiger partial charge in [0.25, 0.3) is 0 Å². The summed E-state index contributed by atoms with van der Waals surface area (Å²) in [5, 5.41) is 11.6. The molecule has 0 aliphatic carbocycles. The molecule has 0 aliphatic heterocycles. The fourth-order valence-electron chi connectivity index (χ4n) is 0.481. The quantitative estimate of drug-likeness (QED) is 0.364. The first-order chi connectivity index (χ1) is 4.33. The SMILES string of the molecule is Cc1cnc(/C=N/O)s1. The van der Waals surface area contributed by atoms with Crippen LogP contribution in [0.15, 0.2) is 11.4 Å². The lowest BCUT2D eigenvalue weighted by molar-refractivity contribution is 0.322. The molecule has 1 N–H and O–H groups in total. The summed E-state index contributed by atoms with van der Waals surface area (Å²) in [7, 11) is 0. The smallest absolute Gasteiger partial charge is 0.137 e. The number of thiazole rings is 1. The molecule has 0 amide bonds. The topological polar surface area (TPSA) is 45.5 Å². The molecule has 48 valence electrons. The number of nitrogens with zero attached hydrogens (tertiary/aromatic N) is 2. The minimum Gasteiger partial charge on any atom is -0.411 e. The molecule has 0 spiro atoms. The van der Waals surface area contributed by atoms with Crippen LogP contribution in [0.5, 0.6) is 0 Å². The summed E-state index contributed by atoms with van der Waals surface area (Å²) < 4.78 is 0. The third kappa shape index (κ3) is 1.50. The molecule has 9 heavy (non-hydrogen) atoms. The van der Waals surface area contributed by atoms with Gasteiger partial charge in [-0.15, -0.1) is 11.3 Å².